The highest BCUT2D eigenvalue weighted by Crippen LogP contribution is 2.50. The van der Waals surface area contributed by atoms with Crippen molar-refractivity contribution >= 4 is 22.5 Å². The van der Waals surface area contributed by atoms with Crippen LogP contribution in [0.3, 0.4) is 0 Å². The molecule has 2 nitrogen and oxygen atoms in total. The number of aromatic amines is 1. The van der Waals surface area contributed by atoms with Crippen LogP contribution < -0.4 is 0 Å². The van der Waals surface area contributed by atoms with Crippen molar-refractivity contribution in [2.45, 2.75) is 38.9 Å². The summed E-state index contributed by atoms with van der Waals surface area (Å²) in [6, 6.07) is 6.00. The molecule has 1 N–H and O–H groups in total. The van der Waals surface area contributed by atoms with E-state index in [2.05, 4.69) is 38.7 Å². The molecule has 0 radical (unpaired) electrons. The first kappa shape index (κ1) is 11.1. The van der Waals surface area contributed by atoms with Gasteiger partial charge in [-0.2, -0.15) is 0 Å². The molecular formula is C14H16ClNO. The fourth-order valence-corrected chi connectivity index (χ4v) is 3.22. The Labute approximate surface area is 106 Å². The van der Waals surface area contributed by atoms with E-state index < -0.39 is 0 Å². The molecule has 90 valence electrons. The number of nitrogens with one attached hydrogen (secondary N) is 1. The van der Waals surface area contributed by atoms with Crippen molar-refractivity contribution in [1.82, 2.24) is 4.98 Å². The molecule has 1 aliphatic heterocycles. The number of halogens is 1. The molecule has 0 bridgehead atoms. The Hall–Kier alpha value is -0.990. The molecule has 3 rings (SSSR count). The maximum Gasteiger partial charge on any atom is 0.104 e. The van der Waals surface area contributed by atoms with Crippen LogP contribution in [0.5, 0.6) is 0 Å². The maximum absolute atomic E-state index is 6.24. The van der Waals surface area contributed by atoms with Gasteiger partial charge in [0.05, 0.1) is 21.8 Å². The quantitative estimate of drug-likeness (QED) is 0.739. The average Bonchev–Trinajstić information content (AvgIpc) is 2.64. The SMILES string of the molecule is CC1(C)OC(C)(C)c2c1[nH]c1c(Cl)cccc21. The predicted molar refractivity (Wildman–Crippen MR) is 70.4 cm³/mol. The minimum atomic E-state index is -0.290. The molecule has 0 unspecified atom stereocenters. The molecule has 3 heteroatoms. The third-order valence-electron chi connectivity index (χ3n) is 3.50. The van der Waals surface area contributed by atoms with Crippen LogP contribution >= 0.6 is 11.6 Å². The molecule has 0 spiro atoms. The highest BCUT2D eigenvalue weighted by molar-refractivity contribution is 6.35. The van der Waals surface area contributed by atoms with Crippen LogP contribution in [-0.2, 0) is 15.9 Å². The second-order valence-electron chi connectivity index (χ2n) is 5.66. The molecule has 1 aliphatic rings. The van der Waals surface area contributed by atoms with Gasteiger partial charge in [-0.1, -0.05) is 23.7 Å². The summed E-state index contributed by atoms with van der Waals surface area (Å²) >= 11 is 6.24. The maximum atomic E-state index is 6.24. The lowest BCUT2D eigenvalue weighted by Crippen LogP contribution is -2.23. The van der Waals surface area contributed by atoms with Crippen molar-refractivity contribution in [1.29, 1.82) is 0 Å². The van der Waals surface area contributed by atoms with Gasteiger partial charge in [-0.25, -0.2) is 0 Å². The molecule has 0 saturated heterocycles. The summed E-state index contributed by atoms with van der Waals surface area (Å²) in [5.41, 5.74) is 2.83. The van der Waals surface area contributed by atoms with Gasteiger partial charge in [-0.05, 0) is 33.8 Å². The number of aromatic nitrogens is 1. The topological polar surface area (TPSA) is 25.0 Å². The molecule has 0 fully saturated rings. The Morgan fingerprint density at radius 3 is 2.53 bits per heavy atom. The van der Waals surface area contributed by atoms with Crippen molar-refractivity contribution < 1.29 is 4.74 Å². The van der Waals surface area contributed by atoms with Crippen LogP contribution in [-0.4, -0.2) is 4.98 Å². The van der Waals surface area contributed by atoms with Gasteiger partial charge in [0.15, 0.2) is 0 Å². The third-order valence-corrected chi connectivity index (χ3v) is 3.81. The van der Waals surface area contributed by atoms with Gasteiger partial charge < -0.3 is 9.72 Å². The van der Waals surface area contributed by atoms with Gasteiger partial charge in [0.25, 0.3) is 0 Å². The second-order valence-corrected chi connectivity index (χ2v) is 6.07. The standard InChI is InChI=1S/C14H16ClNO/c1-13(2)10-8-6-5-7-9(15)11(8)16-12(10)14(3,4)17-13/h5-7,16H,1-4H3. The van der Waals surface area contributed by atoms with Crippen molar-refractivity contribution in [2.75, 3.05) is 0 Å². The molecule has 1 aromatic carbocycles. The highest BCUT2D eigenvalue weighted by Gasteiger charge is 2.45. The molecule has 0 saturated carbocycles. The van der Waals surface area contributed by atoms with E-state index in [0.717, 1.165) is 16.2 Å². The summed E-state index contributed by atoms with van der Waals surface area (Å²) in [6.07, 6.45) is 0. The highest BCUT2D eigenvalue weighted by atomic mass is 35.5. The number of H-pyrrole nitrogens is 1. The van der Waals surface area contributed by atoms with E-state index in [1.165, 1.54) is 10.9 Å². The minimum Gasteiger partial charge on any atom is -0.359 e. The van der Waals surface area contributed by atoms with Gasteiger partial charge in [0.2, 0.25) is 0 Å². The summed E-state index contributed by atoms with van der Waals surface area (Å²) < 4.78 is 6.12. The molecule has 17 heavy (non-hydrogen) atoms. The van der Waals surface area contributed by atoms with E-state index in [1.54, 1.807) is 0 Å². The number of hydrogen-bond acceptors (Lipinski definition) is 1. The first-order valence-corrected chi connectivity index (χ1v) is 6.22. The van der Waals surface area contributed by atoms with Crippen LogP contribution in [0.15, 0.2) is 18.2 Å². The summed E-state index contributed by atoms with van der Waals surface area (Å²) in [5, 5.41) is 1.94. The van der Waals surface area contributed by atoms with E-state index in [0.29, 0.717) is 0 Å². The van der Waals surface area contributed by atoms with E-state index in [4.69, 9.17) is 16.3 Å². The molecule has 2 heterocycles. The summed E-state index contributed by atoms with van der Waals surface area (Å²) in [6.45, 7) is 8.39. The number of ether oxygens (including phenoxy) is 1. The lowest BCUT2D eigenvalue weighted by molar-refractivity contribution is -0.106. The van der Waals surface area contributed by atoms with Crippen molar-refractivity contribution in [3.63, 3.8) is 0 Å². The number of hydrogen-bond donors (Lipinski definition) is 1. The van der Waals surface area contributed by atoms with Crippen LogP contribution in [0.2, 0.25) is 5.02 Å². The lowest BCUT2D eigenvalue weighted by atomic mass is 9.94. The van der Waals surface area contributed by atoms with E-state index in [1.807, 2.05) is 12.1 Å². The van der Waals surface area contributed by atoms with Crippen LogP contribution in [0.4, 0.5) is 0 Å². The summed E-state index contributed by atoms with van der Waals surface area (Å²) in [7, 11) is 0. The first-order valence-electron chi connectivity index (χ1n) is 5.84. The second kappa shape index (κ2) is 3.06. The largest absolute Gasteiger partial charge is 0.359 e. The van der Waals surface area contributed by atoms with Gasteiger partial charge in [0, 0.05) is 10.9 Å². The van der Waals surface area contributed by atoms with Crippen LogP contribution in [0, 0.1) is 0 Å². The Balaban J connectivity index is 2.45. The fraction of sp³-hybridized carbons (Fsp3) is 0.429. The van der Waals surface area contributed by atoms with E-state index in [-0.39, 0.29) is 11.2 Å². The Morgan fingerprint density at radius 1 is 1.12 bits per heavy atom. The van der Waals surface area contributed by atoms with E-state index in [9.17, 15) is 0 Å². The molecule has 0 atom stereocenters. The predicted octanol–water partition coefficient (Wildman–Crippen LogP) is 4.32. The number of fused-ring (bicyclic) bond motifs is 3. The van der Waals surface area contributed by atoms with Crippen molar-refractivity contribution in [2.24, 2.45) is 0 Å². The monoisotopic (exact) mass is 249 g/mol. The third kappa shape index (κ3) is 1.37. The zero-order valence-corrected chi connectivity index (χ0v) is 11.3. The fourth-order valence-electron chi connectivity index (χ4n) is 3.00. The normalized spacial score (nSPS) is 20.8. The minimum absolute atomic E-state index is 0.276. The van der Waals surface area contributed by atoms with E-state index >= 15 is 0 Å². The zero-order chi connectivity index (χ0) is 12.4. The Kier molecular flexibility index (Phi) is 2.00. The van der Waals surface area contributed by atoms with Gasteiger partial charge in [-0.3, -0.25) is 0 Å². The Bertz CT molecular complexity index is 610. The smallest absolute Gasteiger partial charge is 0.104 e. The van der Waals surface area contributed by atoms with Crippen molar-refractivity contribution in [3.8, 4) is 0 Å². The van der Waals surface area contributed by atoms with Gasteiger partial charge in [-0.15, -0.1) is 0 Å². The lowest BCUT2D eigenvalue weighted by Gasteiger charge is -2.25. The molecule has 0 aliphatic carbocycles. The number of para-hydroxylation sites is 1. The number of rotatable bonds is 0. The average molecular weight is 250 g/mol. The molecule has 2 aromatic rings. The van der Waals surface area contributed by atoms with Crippen LogP contribution in [0.1, 0.15) is 39.0 Å². The molecule has 0 amide bonds. The number of benzene rings is 1. The summed E-state index contributed by atoms with van der Waals surface area (Å²) in [4.78, 5) is 3.43. The first-order chi connectivity index (χ1) is 7.83. The van der Waals surface area contributed by atoms with Gasteiger partial charge >= 0.3 is 0 Å². The van der Waals surface area contributed by atoms with Crippen LogP contribution in [0.25, 0.3) is 10.9 Å². The van der Waals surface area contributed by atoms with Gasteiger partial charge in [0.1, 0.15) is 5.60 Å². The molecule has 1 aromatic heterocycles. The zero-order valence-electron chi connectivity index (χ0n) is 10.5. The molecular weight excluding hydrogens is 234 g/mol. The summed E-state index contributed by atoms with van der Waals surface area (Å²) in [5.74, 6) is 0. The van der Waals surface area contributed by atoms with Crippen molar-refractivity contribution in [3.05, 3.63) is 34.5 Å². The Morgan fingerprint density at radius 2 is 1.82 bits per heavy atom.